The lowest BCUT2D eigenvalue weighted by Crippen LogP contribution is -2.46. The van der Waals surface area contributed by atoms with Crippen molar-refractivity contribution in [3.63, 3.8) is 0 Å². The SMILES string of the molecule is COc1ccccc1CN(C)C(=O)[C@@H]1CCCN(S(=O)(=O)Cc2ccc(Cl)cc2Cl)C1. The second-order valence-corrected chi connectivity index (χ2v) is 10.5. The Balaban J connectivity index is 1.68. The van der Waals surface area contributed by atoms with Gasteiger partial charge >= 0.3 is 0 Å². The molecule has 1 aliphatic rings. The van der Waals surface area contributed by atoms with Gasteiger partial charge in [0.15, 0.2) is 0 Å². The molecule has 1 atom stereocenters. The molecule has 1 amide bonds. The first kappa shape index (κ1) is 23.9. The van der Waals surface area contributed by atoms with E-state index >= 15 is 0 Å². The number of carbonyl (C=O) groups is 1. The Kier molecular flexibility index (Phi) is 7.86. The molecule has 0 aliphatic carbocycles. The van der Waals surface area contributed by atoms with Crippen molar-refractivity contribution in [3.8, 4) is 5.75 Å². The molecule has 0 saturated carbocycles. The van der Waals surface area contributed by atoms with Crippen molar-refractivity contribution >= 4 is 39.1 Å². The van der Waals surface area contributed by atoms with Gasteiger partial charge in [0.2, 0.25) is 15.9 Å². The number of ether oxygens (including phenoxy) is 1. The summed E-state index contributed by atoms with van der Waals surface area (Å²) in [5.41, 5.74) is 1.39. The molecule has 1 heterocycles. The molecule has 2 aromatic carbocycles. The average Bonchev–Trinajstić information content (AvgIpc) is 2.75. The van der Waals surface area contributed by atoms with Crippen molar-refractivity contribution in [1.29, 1.82) is 0 Å². The molecule has 1 fully saturated rings. The van der Waals surface area contributed by atoms with E-state index in [0.29, 0.717) is 41.5 Å². The van der Waals surface area contributed by atoms with E-state index in [9.17, 15) is 13.2 Å². The fourth-order valence-corrected chi connectivity index (χ4v) is 6.00. The van der Waals surface area contributed by atoms with E-state index in [0.717, 1.165) is 11.3 Å². The molecule has 0 N–H and O–H groups in total. The van der Waals surface area contributed by atoms with E-state index in [2.05, 4.69) is 0 Å². The third-order valence-corrected chi connectivity index (χ3v) is 7.84. The number of sulfonamides is 1. The van der Waals surface area contributed by atoms with Gasteiger partial charge in [-0.25, -0.2) is 12.7 Å². The van der Waals surface area contributed by atoms with Gasteiger partial charge in [-0.05, 0) is 36.6 Å². The van der Waals surface area contributed by atoms with E-state index in [1.54, 1.807) is 31.2 Å². The third kappa shape index (κ3) is 5.92. The standard InChI is InChI=1S/C22H26Cl2N2O4S/c1-25(13-16-6-3-4-8-21(16)30-2)22(27)17-7-5-11-26(14-17)31(28,29)15-18-9-10-19(23)12-20(18)24/h3-4,6,8-10,12,17H,5,7,11,13-15H2,1-2H3/t17-/m1/s1. The molecule has 9 heteroatoms. The van der Waals surface area contributed by atoms with Gasteiger partial charge in [0, 0.05) is 42.3 Å². The van der Waals surface area contributed by atoms with Crippen molar-refractivity contribution in [3.05, 3.63) is 63.6 Å². The summed E-state index contributed by atoms with van der Waals surface area (Å²) < 4.78 is 32.8. The van der Waals surface area contributed by atoms with E-state index < -0.39 is 10.0 Å². The predicted octanol–water partition coefficient (Wildman–Crippen LogP) is 4.20. The molecule has 168 valence electrons. The lowest BCUT2D eigenvalue weighted by Gasteiger charge is -2.33. The molecule has 0 spiro atoms. The highest BCUT2D eigenvalue weighted by Crippen LogP contribution is 2.27. The lowest BCUT2D eigenvalue weighted by molar-refractivity contribution is -0.135. The van der Waals surface area contributed by atoms with Crippen LogP contribution in [0.25, 0.3) is 0 Å². The first-order chi connectivity index (χ1) is 14.7. The lowest BCUT2D eigenvalue weighted by atomic mass is 9.98. The number of nitrogens with zero attached hydrogens (tertiary/aromatic N) is 2. The van der Waals surface area contributed by atoms with E-state index in [1.165, 1.54) is 10.4 Å². The van der Waals surface area contributed by atoms with E-state index in [-0.39, 0.29) is 24.1 Å². The molecular weight excluding hydrogens is 459 g/mol. The van der Waals surface area contributed by atoms with Crippen LogP contribution in [0.2, 0.25) is 10.0 Å². The van der Waals surface area contributed by atoms with Gasteiger partial charge in [-0.3, -0.25) is 4.79 Å². The zero-order chi connectivity index (χ0) is 22.6. The fraction of sp³-hybridized carbons (Fsp3) is 0.409. The highest BCUT2D eigenvalue weighted by atomic mass is 35.5. The van der Waals surface area contributed by atoms with Crippen molar-refractivity contribution < 1.29 is 17.9 Å². The maximum Gasteiger partial charge on any atom is 0.227 e. The second-order valence-electron chi connectivity index (χ2n) is 7.70. The van der Waals surface area contributed by atoms with Gasteiger partial charge in [-0.2, -0.15) is 0 Å². The van der Waals surface area contributed by atoms with E-state index in [1.807, 2.05) is 24.3 Å². The van der Waals surface area contributed by atoms with Gasteiger partial charge in [0.1, 0.15) is 5.75 Å². The van der Waals surface area contributed by atoms with Crippen molar-refractivity contribution in [2.75, 3.05) is 27.2 Å². The summed E-state index contributed by atoms with van der Waals surface area (Å²) in [6, 6.07) is 12.3. The zero-order valence-corrected chi connectivity index (χ0v) is 19.9. The largest absolute Gasteiger partial charge is 0.496 e. The first-order valence-electron chi connectivity index (χ1n) is 10.00. The average molecular weight is 485 g/mol. The number of rotatable bonds is 7. The zero-order valence-electron chi connectivity index (χ0n) is 17.6. The van der Waals surface area contributed by atoms with Crippen LogP contribution in [0.15, 0.2) is 42.5 Å². The Labute approximate surface area is 193 Å². The highest BCUT2D eigenvalue weighted by Gasteiger charge is 2.34. The molecule has 2 aromatic rings. The van der Waals surface area contributed by atoms with Crippen molar-refractivity contribution in [2.24, 2.45) is 5.92 Å². The van der Waals surface area contributed by atoms with Crippen LogP contribution in [0.1, 0.15) is 24.0 Å². The number of hydrogen-bond acceptors (Lipinski definition) is 4. The molecule has 1 aliphatic heterocycles. The summed E-state index contributed by atoms with van der Waals surface area (Å²) in [6.45, 7) is 0.961. The summed E-state index contributed by atoms with van der Waals surface area (Å²) in [5, 5.41) is 0.769. The minimum absolute atomic E-state index is 0.0738. The van der Waals surface area contributed by atoms with Crippen LogP contribution in [-0.2, 0) is 27.1 Å². The monoisotopic (exact) mass is 484 g/mol. The Morgan fingerprint density at radius 1 is 1.19 bits per heavy atom. The number of benzene rings is 2. The fourth-order valence-electron chi connectivity index (χ4n) is 3.80. The van der Waals surface area contributed by atoms with Crippen molar-refractivity contribution in [1.82, 2.24) is 9.21 Å². The Hall–Kier alpha value is -1.80. The molecule has 3 rings (SSSR count). The van der Waals surface area contributed by atoms with Crippen LogP contribution in [-0.4, -0.2) is 50.8 Å². The first-order valence-corrected chi connectivity index (χ1v) is 12.4. The second kappa shape index (κ2) is 10.2. The minimum atomic E-state index is -3.62. The molecule has 0 bridgehead atoms. The number of para-hydroxylation sites is 1. The van der Waals surface area contributed by atoms with E-state index in [4.69, 9.17) is 27.9 Å². The molecule has 0 radical (unpaired) electrons. The van der Waals surface area contributed by atoms with Crippen molar-refractivity contribution in [2.45, 2.75) is 25.1 Å². The maximum atomic E-state index is 13.1. The molecule has 0 aromatic heterocycles. The number of halogens is 2. The summed E-state index contributed by atoms with van der Waals surface area (Å²) in [5.74, 6) is 0.0372. The number of hydrogen-bond donors (Lipinski definition) is 0. The van der Waals surface area contributed by atoms with Gasteiger partial charge in [-0.15, -0.1) is 0 Å². The third-order valence-electron chi connectivity index (χ3n) is 5.46. The number of methoxy groups -OCH3 is 1. The van der Waals surface area contributed by atoms with Crippen LogP contribution in [0.5, 0.6) is 5.75 Å². The Morgan fingerprint density at radius 3 is 2.65 bits per heavy atom. The predicted molar refractivity (Wildman–Crippen MR) is 123 cm³/mol. The summed E-state index contributed by atoms with van der Waals surface area (Å²) in [6.07, 6.45) is 1.29. The Bertz CT molecular complexity index is 1050. The molecule has 1 saturated heterocycles. The molecule has 0 unspecified atom stereocenters. The molecular formula is C22H26Cl2N2O4S. The maximum absolute atomic E-state index is 13.1. The summed E-state index contributed by atoms with van der Waals surface area (Å²) in [4.78, 5) is 14.7. The summed E-state index contributed by atoms with van der Waals surface area (Å²) in [7, 11) is -0.292. The minimum Gasteiger partial charge on any atom is -0.496 e. The van der Waals surface area contributed by atoms with Gasteiger partial charge in [0.25, 0.3) is 0 Å². The highest BCUT2D eigenvalue weighted by molar-refractivity contribution is 7.88. The van der Waals surface area contributed by atoms with Crippen LogP contribution in [0.4, 0.5) is 0 Å². The smallest absolute Gasteiger partial charge is 0.227 e. The van der Waals surface area contributed by atoms with Crippen LogP contribution < -0.4 is 4.74 Å². The summed E-state index contributed by atoms with van der Waals surface area (Å²) >= 11 is 12.1. The topological polar surface area (TPSA) is 66.9 Å². The van der Waals surface area contributed by atoms with Crippen LogP contribution >= 0.6 is 23.2 Å². The number of carbonyl (C=O) groups excluding carboxylic acids is 1. The normalized spacial score (nSPS) is 17.4. The number of amides is 1. The van der Waals surface area contributed by atoms with Gasteiger partial charge in [0.05, 0.1) is 18.8 Å². The molecule has 6 nitrogen and oxygen atoms in total. The van der Waals surface area contributed by atoms with Gasteiger partial charge < -0.3 is 9.64 Å². The van der Waals surface area contributed by atoms with Crippen LogP contribution in [0.3, 0.4) is 0 Å². The molecule has 31 heavy (non-hydrogen) atoms. The van der Waals surface area contributed by atoms with Crippen LogP contribution in [0, 0.1) is 5.92 Å². The quantitative estimate of drug-likeness (QED) is 0.590. The van der Waals surface area contributed by atoms with Gasteiger partial charge in [-0.1, -0.05) is 47.5 Å². The number of piperidine rings is 1. The Morgan fingerprint density at radius 2 is 1.94 bits per heavy atom.